The van der Waals surface area contributed by atoms with Gasteiger partial charge in [0, 0.05) is 48.0 Å². The van der Waals surface area contributed by atoms with Gasteiger partial charge in [0.15, 0.2) is 34.9 Å². The number of thiophene rings is 1. The third-order valence-electron chi connectivity index (χ3n) is 9.85. The highest BCUT2D eigenvalue weighted by Gasteiger charge is 2.17. The Labute approximate surface area is 322 Å². The summed E-state index contributed by atoms with van der Waals surface area (Å²) in [6.07, 6.45) is 8.23. The van der Waals surface area contributed by atoms with Crippen molar-refractivity contribution in [2.24, 2.45) is 0 Å². The summed E-state index contributed by atoms with van der Waals surface area (Å²) < 4.78 is 2.47. The molecule has 0 amide bonds. The van der Waals surface area contributed by atoms with Crippen molar-refractivity contribution >= 4 is 37.1 Å². The second kappa shape index (κ2) is 14.1. The summed E-state index contributed by atoms with van der Waals surface area (Å²) in [6.45, 7) is 0. The van der Waals surface area contributed by atoms with E-state index in [0.717, 1.165) is 57.4 Å². The van der Waals surface area contributed by atoms with Crippen LogP contribution in [-0.2, 0) is 0 Å². The maximum Gasteiger partial charge on any atom is 0.164 e. The fourth-order valence-electron chi connectivity index (χ4n) is 7.05. The topological polar surface area (TPSA) is 77.3 Å². The average Bonchev–Trinajstić information content (AvgIpc) is 3.65. The summed E-state index contributed by atoms with van der Waals surface area (Å²) in [6, 6.07) is 52.0. The van der Waals surface area contributed by atoms with E-state index in [1.54, 1.807) is 11.3 Å². The van der Waals surface area contributed by atoms with Gasteiger partial charge in [-0.1, -0.05) is 146 Å². The molecular formula is C48H32N6S. The van der Waals surface area contributed by atoms with E-state index >= 15 is 0 Å². The first-order valence-electron chi connectivity index (χ1n) is 18.3. The highest BCUT2D eigenvalue weighted by molar-refractivity contribution is 7.25. The van der Waals surface area contributed by atoms with Gasteiger partial charge in [-0.05, 0) is 53.8 Å². The van der Waals surface area contributed by atoms with Crippen LogP contribution in [0.25, 0.3) is 93.8 Å². The van der Waals surface area contributed by atoms with Crippen LogP contribution in [0.15, 0.2) is 170 Å². The van der Waals surface area contributed by atoms with Crippen molar-refractivity contribution in [3.8, 4) is 68.1 Å². The maximum absolute atomic E-state index is 5.10. The zero-order chi connectivity index (χ0) is 36.6. The second-order valence-corrected chi connectivity index (χ2v) is 14.6. The molecule has 0 fully saturated rings. The summed E-state index contributed by atoms with van der Waals surface area (Å²) >= 11 is 1.79. The Balaban J connectivity index is 1.05. The predicted octanol–water partition coefficient (Wildman–Crippen LogP) is 12.2. The summed E-state index contributed by atoms with van der Waals surface area (Å²) in [4.78, 5) is 30.1. The molecule has 0 aliphatic heterocycles. The second-order valence-electron chi connectivity index (χ2n) is 13.5. The molecule has 0 radical (unpaired) electrons. The Kier molecular flexibility index (Phi) is 8.39. The molecule has 7 heteroatoms. The lowest BCUT2D eigenvalue weighted by Gasteiger charge is -2.12. The van der Waals surface area contributed by atoms with Crippen molar-refractivity contribution in [3.05, 3.63) is 176 Å². The zero-order valence-electron chi connectivity index (χ0n) is 29.7. The normalized spacial score (nSPS) is 12.6. The van der Waals surface area contributed by atoms with Crippen LogP contribution in [0.2, 0.25) is 0 Å². The molecule has 55 heavy (non-hydrogen) atoms. The molecule has 0 bridgehead atoms. The lowest BCUT2D eigenvalue weighted by molar-refractivity contribution is 0.978. The first-order chi connectivity index (χ1) is 27.2. The number of fused-ring (bicyclic) bond motifs is 3. The van der Waals surface area contributed by atoms with Crippen molar-refractivity contribution in [1.82, 2.24) is 29.9 Å². The van der Waals surface area contributed by atoms with Crippen LogP contribution in [0, 0.1) is 0 Å². The van der Waals surface area contributed by atoms with E-state index in [1.165, 1.54) is 20.2 Å². The van der Waals surface area contributed by atoms with Gasteiger partial charge in [-0.3, -0.25) is 0 Å². The van der Waals surface area contributed by atoms with E-state index in [2.05, 4.69) is 109 Å². The van der Waals surface area contributed by atoms with E-state index in [4.69, 9.17) is 29.9 Å². The standard InChI is InChI=1S/C48H32N6S/c1-4-14-31(15-5-1)43-49-44(32-16-6-2-7-17-32)51-46(50-43)36-22-12-20-34(28-36)35-21-13-23-37(29-35)47-52-45(33-18-8-3-9-19-33)53-48(54-47)38-26-27-40-39-24-10-11-25-41(39)55-42(40)30-38/h1-6,8-16,18-30H,7,17H2. The SMILES string of the molecule is C1=CCCC(c2nc(-c3ccccc3)nc(-c3cccc(-c4cccc(-c5nc(-c6ccccc6)nc(-c6ccc7c(c6)sc6ccccc67)n5)c4)c3)n2)=C1. The van der Waals surface area contributed by atoms with Crippen LogP contribution in [0.3, 0.4) is 0 Å². The molecule has 0 saturated heterocycles. The van der Waals surface area contributed by atoms with E-state index in [1.807, 2.05) is 60.7 Å². The largest absolute Gasteiger partial charge is 0.209 e. The molecule has 0 spiro atoms. The highest BCUT2D eigenvalue weighted by atomic mass is 32.1. The number of hydrogen-bond donors (Lipinski definition) is 0. The van der Waals surface area contributed by atoms with Crippen LogP contribution in [0.4, 0.5) is 0 Å². The Morgan fingerprint density at radius 2 is 0.836 bits per heavy atom. The summed E-state index contributed by atoms with van der Waals surface area (Å²) in [5.41, 5.74) is 7.85. The minimum Gasteiger partial charge on any atom is -0.209 e. The first kappa shape index (κ1) is 32.7. The molecule has 6 nitrogen and oxygen atoms in total. The van der Waals surface area contributed by atoms with E-state index in [9.17, 15) is 0 Å². The molecule has 3 aromatic heterocycles. The smallest absolute Gasteiger partial charge is 0.164 e. The fraction of sp³-hybridized carbons (Fsp3) is 0.0417. The zero-order valence-corrected chi connectivity index (χ0v) is 30.5. The van der Waals surface area contributed by atoms with Crippen molar-refractivity contribution < 1.29 is 0 Å². The van der Waals surface area contributed by atoms with Gasteiger partial charge >= 0.3 is 0 Å². The van der Waals surface area contributed by atoms with Gasteiger partial charge in [-0.15, -0.1) is 11.3 Å². The molecule has 0 saturated carbocycles. The van der Waals surface area contributed by atoms with E-state index in [0.29, 0.717) is 34.9 Å². The van der Waals surface area contributed by atoms with Gasteiger partial charge in [0.05, 0.1) is 0 Å². The minimum atomic E-state index is 0.614. The average molecular weight is 725 g/mol. The number of allylic oxidation sites excluding steroid dienone is 4. The van der Waals surface area contributed by atoms with Crippen LogP contribution in [0.5, 0.6) is 0 Å². The Morgan fingerprint density at radius 3 is 1.42 bits per heavy atom. The van der Waals surface area contributed by atoms with Gasteiger partial charge in [0.1, 0.15) is 0 Å². The van der Waals surface area contributed by atoms with Gasteiger partial charge in [-0.2, -0.15) is 0 Å². The molecule has 3 heterocycles. The molecule has 1 aliphatic rings. The van der Waals surface area contributed by atoms with Crippen LogP contribution < -0.4 is 0 Å². The van der Waals surface area contributed by atoms with E-state index in [-0.39, 0.29) is 0 Å². The fourth-order valence-corrected chi connectivity index (χ4v) is 8.19. The number of aromatic nitrogens is 6. The molecule has 10 rings (SSSR count). The van der Waals surface area contributed by atoms with Crippen molar-refractivity contribution in [3.63, 3.8) is 0 Å². The molecule has 0 unspecified atom stereocenters. The molecule has 0 N–H and O–H groups in total. The molecule has 0 atom stereocenters. The number of nitrogens with zero attached hydrogens (tertiary/aromatic N) is 6. The lowest BCUT2D eigenvalue weighted by Crippen LogP contribution is -2.03. The Bertz CT molecular complexity index is 2930. The number of benzene rings is 6. The third kappa shape index (κ3) is 6.51. The predicted molar refractivity (Wildman–Crippen MR) is 225 cm³/mol. The highest BCUT2D eigenvalue weighted by Crippen LogP contribution is 2.37. The lowest BCUT2D eigenvalue weighted by atomic mass is 10.00. The van der Waals surface area contributed by atoms with Gasteiger partial charge in [0.2, 0.25) is 0 Å². The number of hydrogen-bond acceptors (Lipinski definition) is 7. The molecular weight excluding hydrogens is 693 g/mol. The Hall–Kier alpha value is -6.96. The minimum absolute atomic E-state index is 0.614. The Morgan fingerprint density at radius 1 is 0.364 bits per heavy atom. The third-order valence-corrected chi connectivity index (χ3v) is 11.0. The van der Waals surface area contributed by atoms with Crippen LogP contribution in [0.1, 0.15) is 18.7 Å². The summed E-state index contributed by atoms with van der Waals surface area (Å²) in [5, 5.41) is 2.51. The van der Waals surface area contributed by atoms with Gasteiger partial charge in [0.25, 0.3) is 0 Å². The monoisotopic (exact) mass is 724 g/mol. The summed E-state index contributed by atoms with van der Waals surface area (Å²) in [7, 11) is 0. The van der Waals surface area contributed by atoms with Gasteiger partial charge in [-0.25, -0.2) is 29.9 Å². The van der Waals surface area contributed by atoms with Crippen molar-refractivity contribution in [1.29, 1.82) is 0 Å². The molecule has 260 valence electrons. The molecule has 1 aliphatic carbocycles. The maximum atomic E-state index is 5.10. The van der Waals surface area contributed by atoms with Crippen molar-refractivity contribution in [2.45, 2.75) is 12.8 Å². The van der Waals surface area contributed by atoms with Gasteiger partial charge < -0.3 is 0 Å². The van der Waals surface area contributed by atoms with Crippen LogP contribution in [-0.4, -0.2) is 29.9 Å². The molecule has 9 aromatic rings. The van der Waals surface area contributed by atoms with Crippen molar-refractivity contribution in [2.75, 3.05) is 0 Å². The van der Waals surface area contributed by atoms with Crippen LogP contribution >= 0.6 is 11.3 Å². The molecule has 6 aromatic carbocycles. The number of rotatable bonds is 7. The summed E-state index contributed by atoms with van der Waals surface area (Å²) in [5.74, 6) is 3.90. The first-order valence-corrected chi connectivity index (χ1v) is 19.2. The van der Waals surface area contributed by atoms with E-state index < -0.39 is 0 Å². The quantitative estimate of drug-likeness (QED) is 0.163.